The van der Waals surface area contributed by atoms with Crippen LogP contribution in [0.5, 0.6) is 0 Å². The molecule has 2 unspecified atom stereocenters. The predicted molar refractivity (Wildman–Crippen MR) is 65.1 cm³/mol. The van der Waals surface area contributed by atoms with Crippen LogP contribution in [0, 0.1) is 5.92 Å². The Balaban J connectivity index is 1.87. The molecular weight excluding hydrogens is 184 g/mol. The number of likely N-dealkylation sites (N-methyl/N-ethyl adjacent to an activating group) is 1. The molecule has 0 aromatic carbocycles. The lowest BCUT2D eigenvalue weighted by molar-refractivity contribution is 0.0578. The van der Waals surface area contributed by atoms with E-state index in [0.29, 0.717) is 0 Å². The van der Waals surface area contributed by atoms with Gasteiger partial charge in [-0.15, -0.1) is 0 Å². The third kappa shape index (κ3) is 2.73. The van der Waals surface area contributed by atoms with Gasteiger partial charge in [-0.2, -0.15) is 0 Å². The van der Waals surface area contributed by atoms with Crippen LogP contribution < -0.4 is 5.32 Å². The maximum Gasteiger partial charge on any atom is 0.0195 e. The Morgan fingerprint density at radius 3 is 2.60 bits per heavy atom. The van der Waals surface area contributed by atoms with Gasteiger partial charge in [0.05, 0.1) is 0 Å². The first kappa shape index (κ1) is 11.4. The van der Waals surface area contributed by atoms with E-state index >= 15 is 0 Å². The molecule has 0 spiro atoms. The SMILES string of the molecule is CCCC1CC(NC)CN(C2CCC2)C1. The van der Waals surface area contributed by atoms with Gasteiger partial charge in [0.15, 0.2) is 0 Å². The smallest absolute Gasteiger partial charge is 0.0195 e. The van der Waals surface area contributed by atoms with Crippen LogP contribution in [0.15, 0.2) is 0 Å². The quantitative estimate of drug-likeness (QED) is 0.765. The molecular formula is C13H26N2. The molecule has 1 aliphatic heterocycles. The summed E-state index contributed by atoms with van der Waals surface area (Å²) >= 11 is 0. The topological polar surface area (TPSA) is 15.3 Å². The molecule has 1 heterocycles. The Labute approximate surface area is 94.4 Å². The third-order valence-corrected chi connectivity index (χ3v) is 4.26. The second-order valence-electron chi connectivity index (χ2n) is 5.41. The number of nitrogens with one attached hydrogen (secondary N) is 1. The zero-order valence-corrected chi connectivity index (χ0v) is 10.3. The van der Waals surface area contributed by atoms with E-state index in [1.165, 1.54) is 51.6 Å². The zero-order chi connectivity index (χ0) is 10.7. The normalized spacial score (nSPS) is 34.0. The predicted octanol–water partition coefficient (Wildman–Crippen LogP) is 2.25. The van der Waals surface area contributed by atoms with Gasteiger partial charge >= 0.3 is 0 Å². The number of nitrogens with zero attached hydrogens (tertiary/aromatic N) is 1. The Hall–Kier alpha value is -0.0800. The van der Waals surface area contributed by atoms with E-state index in [-0.39, 0.29) is 0 Å². The molecule has 1 N–H and O–H groups in total. The molecule has 1 aliphatic carbocycles. The van der Waals surface area contributed by atoms with Crippen molar-refractivity contribution in [1.29, 1.82) is 0 Å². The molecule has 2 heteroatoms. The number of hydrogen-bond donors (Lipinski definition) is 1. The van der Waals surface area contributed by atoms with Gasteiger partial charge in [0, 0.05) is 25.2 Å². The van der Waals surface area contributed by atoms with E-state index in [1.54, 1.807) is 0 Å². The summed E-state index contributed by atoms with van der Waals surface area (Å²) in [4.78, 5) is 2.76. The van der Waals surface area contributed by atoms with Gasteiger partial charge in [0.2, 0.25) is 0 Å². The molecule has 1 saturated carbocycles. The van der Waals surface area contributed by atoms with E-state index in [4.69, 9.17) is 0 Å². The van der Waals surface area contributed by atoms with Crippen LogP contribution in [-0.2, 0) is 0 Å². The summed E-state index contributed by atoms with van der Waals surface area (Å²) in [5, 5.41) is 3.48. The van der Waals surface area contributed by atoms with Crippen LogP contribution in [0.4, 0.5) is 0 Å². The van der Waals surface area contributed by atoms with Crippen molar-refractivity contribution in [3.63, 3.8) is 0 Å². The van der Waals surface area contributed by atoms with Crippen molar-refractivity contribution in [3.8, 4) is 0 Å². The first-order chi connectivity index (χ1) is 7.33. The Morgan fingerprint density at radius 1 is 1.27 bits per heavy atom. The van der Waals surface area contributed by atoms with Crippen molar-refractivity contribution in [1.82, 2.24) is 10.2 Å². The van der Waals surface area contributed by atoms with E-state index in [0.717, 1.165) is 18.0 Å². The van der Waals surface area contributed by atoms with Crippen molar-refractivity contribution >= 4 is 0 Å². The van der Waals surface area contributed by atoms with Gasteiger partial charge in [0.25, 0.3) is 0 Å². The summed E-state index contributed by atoms with van der Waals surface area (Å²) < 4.78 is 0. The lowest BCUT2D eigenvalue weighted by Gasteiger charge is -2.45. The van der Waals surface area contributed by atoms with Gasteiger partial charge in [-0.25, -0.2) is 0 Å². The van der Waals surface area contributed by atoms with Crippen molar-refractivity contribution in [2.75, 3.05) is 20.1 Å². The summed E-state index contributed by atoms with van der Waals surface area (Å²) in [6, 6.07) is 1.68. The van der Waals surface area contributed by atoms with Gasteiger partial charge < -0.3 is 5.32 Å². The standard InChI is InChI=1S/C13H26N2/c1-3-5-11-8-12(14-2)10-15(9-11)13-6-4-7-13/h11-14H,3-10H2,1-2H3. The molecule has 88 valence electrons. The van der Waals surface area contributed by atoms with Crippen LogP contribution >= 0.6 is 0 Å². The van der Waals surface area contributed by atoms with Crippen LogP contribution in [0.1, 0.15) is 45.4 Å². The van der Waals surface area contributed by atoms with Gasteiger partial charge in [-0.05, 0) is 38.6 Å². The van der Waals surface area contributed by atoms with E-state index < -0.39 is 0 Å². The van der Waals surface area contributed by atoms with Gasteiger partial charge in [-0.1, -0.05) is 19.8 Å². The van der Waals surface area contributed by atoms with Crippen LogP contribution in [0.3, 0.4) is 0 Å². The fourth-order valence-corrected chi connectivity index (χ4v) is 3.12. The second-order valence-corrected chi connectivity index (χ2v) is 5.41. The molecule has 2 fully saturated rings. The summed E-state index contributed by atoms with van der Waals surface area (Å²) in [6.07, 6.45) is 8.53. The first-order valence-corrected chi connectivity index (χ1v) is 6.74. The highest BCUT2D eigenvalue weighted by Gasteiger charge is 2.32. The largest absolute Gasteiger partial charge is 0.316 e. The molecule has 0 bridgehead atoms. The molecule has 0 aromatic heterocycles. The molecule has 0 amide bonds. The summed E-state index contributed by atoms with van der Waals surface area (Å²) in [7, 11) is 2.12. The molecule has 15 heavy (non-hydrogen) atoms. The average Bonchev–Trinajstić information content (AvgIpc) is 2.15. The van der Waals surface area contributed by atoms with Crippen LogP contribution in [-0.4, -0.2) is 37.1 Å². The summed E-state index contributed by atoms with van der Waals surface area (Å²) in [6.45, 7) is 4.98. The fraction of sp³-hybridized carbons (Fsp3) is 1.00. The summed E-state index contributed by atoms with van der Waals surface area (Å²) in [5.41, 5.74) is 0. The van der Waals surface area contributed by atoms with Crippen molar-refractivity contribution in [3.05, 3.63) is 0 Å². The average molecular weight is 210 g/mol. The number of piperidine rings is 1. The van der Waals surface area contributed by atoms with Crippen molar-refractivity contribution in [2.45, 2.75) is 57.5 Å². The monoisotopic (exact) mass is 210 g/mol. The van der Waals surface area contributed by atoms with E-state index in [9.17, 15) is 0 Å². The number of hydrogen-bond acceptors (Lipinski definition) is 2. The molecule has 0 aromatic rings. The lowest BCUT2D eigenvalue weighted by atomic mass is 9.85. The summed E-state index contributed by atoms with van der Waals surface area (Å²) in [5.74, 6) is 0.946. The maximum absolute atomic E-state index is 3.48. The van der Waals surface area contributed by atoms with Crippen LogP contribution in [0.2, 0.25) is 0 Å². The minimum atomic E-state index is 0.746. The Morgan fingerprint density at radius 2 is 2.07 bits per heavy atom. The fourth-order valence-electron chi connectivity index (χ4n) is 3.12. The highest BCUT2D eigenvalue weighted by Crippen LogP contribution is 2.30. The zero-order valence-electron chi connectivity index (χ0n) is 10.3. The van der Waals surface area contributed by atoms with Crippen LogP contribution in [0.25, 0.3) is 0 Å². The third-order valence-electron chi connectivity index (χ3n) is 4.26. The Kier molecular flexibility index (Phi) is 4.04. The minimum absolute atomic E-state index is 0.746. The number of rotatable bonds is 4. The molecule has 2 nitrogen and oxygen atoms in total. The van der Waals surface area contributed by atoms with Crippen molar-refractivity contribution in [2.24, 2.45) is 5.92 Å². The molecule has 2 rings (SSSR count). The molecule has 1 saturated heterocycles. The molecule has 2 atom stereocenters. The van der Waals surface area contributed by atoms with Gasteiger partial charge in [0.1, 0.15) is 0 Å². The highest BCUT2D eigenvalue weighted by atomic mass is 15.2. The van der Waals surface area contributed by atoms with E-state index in [1.807, 2.05) is 0 Å². The minimum Gasteiger partial charge on any atom is -0.316 e. The maximum atomic E-state index is 3.48. The molecule has 0 radical (unpaired) electrons. The van der Waals surface area contributed by atoms with E-state index in [2.05, 4.69) is 24.2 Å². The number of likely N-dealkylation sites (tertiary alicyclic amines) is 1. The highest BCUT2D eigenvalue weighted by molar-refractivity contribution is 4.89. The van der Waals surface area contributed by atoms with Crippen molar-refractivity contribution < 1.29 is 0 Å². The first-order valence-electron chi connectivity index (χ1n) is 6.74. The lowest BCUT2D eigenvalue weighted by Crippen LogP contribution is -2.53. The molecule has 2 aliphatic rings. The second kappa shape index (κ2) is 5.31. The van der Waals surface area contributed by atoms with Gasteiger partial charge in [-0.3, -0.25) is 4.90 Å². The Bertz CT molecular complexity index is 189.